The van der Waals surface area contributed by atoms with Gasteiger partial charge in [0.05, 0.1) is 12.5 Å². The molecule has 0 bridgehead atoms. The van der Waals surface area contributed by atoms with E-state index in [0.29, 0.717) is 13.0 Å². The molecule has 4 heteroatoms. The molecule has 0 aliphatic carbocycles. The molecule has 0 aromatic rings. The smallest absolute Gasteiger partial charge is 0.222 e. The average molecular weight is 216 g/mol. The van der Waals surface area contributed by atoms with Gasteiger partial charge in [-0.25, -0.2) is 0 Å². The monoisotopic (exact) mass is 216 g/mol. The maximum atomic E-state index is 11.6. The van der Waals surface area contributed by atoms with Crippen LogP contribution in [0.2, 0.25) is 0 Å². The highest BCUT2D eigenvalue weighted by Crippen LogP contribution is 2.02. The van der Waals surface area contributed by atoms with Crippen LogP contribution in [-0.4, -0.2) is 31.7 Å². The van der Waals surface area contributed by atoms with E-state index in [1.807, 2.05) is 0 Å². The van der Waals surface area contributed by atoms with E-state index in [1.54, 1.807) is 7.11 Å². The van der Waals surface area contributed by atoms with Crippen molar-refractivity contribution in [2.24, 2.45) is 5.73 Å². The highest BCUT2D eigenvalue weighted by atomic mass is 16.5. The van der Waals surface area contributed by atoms with E-state index in [2.05, 4.69) is 19.2 Å². The Morgan fingerprint density at radius 2 is 2.13 bits per heavy atom. The fourth-order valence-electron chi connectivity index (χ4n) is 1.48. The minimum atomic E-state index is -0.163. The fourth-order valence-corrected chi connectivity index (χ4v) is 1.48. The molecule has 4 nitrogen and oxygen atoms in total. The highest BCUT2D eigenvalue weighted by Gasteiger charge is 2.14. The number of hydrogen-bond donors (Lipinski definition) is 2. The first kappa shape index (κ1) is 14.4. The number of ether oxygens (including phenoxy) is 1. The molecule has 0 heterocycles. The second-order valence-corrected chi connectivity index (χ2v) is 3.76. The molecule has 0 aromatic heterocycles. The summed E-state index contributed by atoms with van der Waals surface area (Å²) in [5.74, 6) is 0.0348. The van der Waals surface area contributed by atoms with E-state index >= 15 is 0 Å². The molecule has 15 heavy (non-hydrogen) atoms. The summed E-state index contributed by atoms with van der Waals surface area (Å²) in [7, 11) is 1.58. The third kappa shape index (κ3) is 6.47. The lowest BCUT2D eigenvalue weighted by Gasteiger charge is -2.18. The van der Waals surface area contributed by atoms with Gasteiger partial charge in [0.2, 0.25) is 5.91 Å². The second kappa shape index (κ2) is 8.68. The van der Waals surface area contributed by atoms with Crippen molar-refractivity contribution in [2.75, 3.05) is 13.7 Å². The Labute approximate surface area is 92.6 Å². The Balaban J connectivity index is 3.88. The lowest BCUT2D eigenvalue weighted by Crippen LogP contribution is -2.38. The minimum Gasteiger partial charge on any atom is -0.380 e. The first-order chi connectivity index (χ1) is 7.17. The number of hydrogen-bond acceptors (Lipinski definition) is 3. The molecular formula is C11H24N2O2. The van der Waals surface area contributed by atoms with Crippen LogP contribution in [0.15, 0.2) is 0 Å². The molecule has 90 valence electrons. The van der Waals surface area contributed by atoms with Crippen molar-refractivity contribution in [3.05, 3.63) is 0 Å². The standard InChI is InChI=1S/C11H24N2O2/c1-4-6-9(5-2)13-11(14)7-10(8-12)15-3/h9-10H,4-8,12H2,1-3H3,(H,13,14). The largest absolute Gasteiger partial charge is 0.380 e. The lowest BCUT2D eigenvalue weighted by atomic mass is 10.1. The second-order valence-electron chi connectivity index (χ2n) is 3.76. The van der Waals surface area contributed by atoms with E-state index in [1.165, 1.54) is 0 Å². The van der Waals surface area contributed by atoms with E-state index in [0.717, 1.165) is 19.3 Å². The van der Waals surface area contributed by atoms with E-state index in [-0.39, 0.29) is 18.1 Å². The summed E-state index contributed by atoms with van der Waals surface area (Å²) in [4.78, 5) is 11.6. The van der Waals surface area contributed by atoms with Crippen LogP contribution in [0.1, 0.15) is 39.5 Å². The third-order valence-electron chi connectivity index (χ3n) is 2.50. The third-order valence-corrected chi connectivity index (χ3v) is 2.50. The molecule has 0 rings (SSSR count). The molecule has 2 atom stereocenters. The summed E-state index contributed by atoms with van der Waals surface area (Å²) in [6.07, 6.45) is 3.28. The van der Waals surface area contributed by atoms with Gasteiger partial charge in [-0.05, 0) is 12.8 Å². The summed E-state index contributed by atoms with van der Waals surface area (Å²) in [6.45, 7) is 4.58. The molecule has 0 aliphatic heterocycles. The van der Waals surface area contributed by atoms with Crippen molar-refractivity contribution in [1.29, 1.82) is 0 Å². The van der Waals surface area contributed by atoms with Gasteiger partial charge in [-0.15, -0.1) is 0 Å². The Bertz CT molecular complexity index is 170. The topological polar surface area (TPSA) is 64.4 Å². The first-order valence-corrected chi connectivity index (χ1v) is 5.70. The Morgan fingerprint density at radius 1 is 1.47 bits per heavy atom. The van der Waals surface area contributed by atoms with Crippen LogP contribution >= 0.6 is 0 Å². The minimum absolute atomic E-state index is 0.0348. The number of methoxy groups -OCH3 is 1. The molecule has 3 N–H and O–H groups in total. The molecule has 0 aromatic carbocycles. The summed E-state index contributed by atoms with van der Waals surface area (Å²) in [6, 6.07) is 0.290. The zero-order valence-corrected chi connectivity index (χ0v) is 10.1. The maximum absolute atomic E-state index is 11.6. The van der Waals surface area contributed by atoms with Gasteiger partial charge >= 0.3 is 0 Å². The molecule has 2 unspecified atom stereocenters. The van der Waals surface area contributed by atoms with Crippen LogP contribution in [0.5, 0.6) is 0 Å². The zero-order valence-electron chi connectivity index (χ0n) is 10.1. The summed E-state index contributed by atoms with van der Waals surface area (Å²) < 4.78 is 5.06. The van der Waals surface area contributed by atoms with Crippen molar-refractivity contribution in [1.82, 2.24) is 5.32 Å². The van der Waals surface area contributed by atoms with E-state index < -0.39 is 0 Å². The Hall–Kier alpha value is -0.610. The normalized spacial score (nSPS) is 14.7. The molecule has 1 amide bonds. The summed E-state index contributed by atoms with van der Waals surface area (Å²) in [5, 5.41) is 2.99. The van der Waals surface area contributed by atoms with Crippen LogP contribution in [-0.2, 0) is 9.53 Å². The number of nitrogens with one attached hydrogen (secondary N) is 1. The number of carbonyl (C=O) groups is 1. The van der Waals surface area contributed by atoms with Crippen molar-refractivity contribution in [3.8, 4) is 0 Å². The van der Waals surface area contributed by atoms with Crippen LogP contribution in [0.3, 0.4) is 0 Å². The zero-order chi connectivity index (χ0) is 11.7. The van der Waals surface area contributed by atoms with Gasteiger partial charge in [0, 0.05) is 19.7 Å². The average Bonchev–Trinajstić information content (AvgIpc) is 2.25. The van der Waals surface area contributed by atoms with Crippen LogP contribution in [0.25, 0.3) is 0 Å². The van der Waals surface area contributed by atoms with E-state index in [9.17, 15) is 4.79 Å². The number of nitrogens with two attached hydrogens (primary N) is 1. The highest BCUT2D eigenvalue weighted by molar-refractivity contribution is 5.76. The summed E-state index contributed by atoms with van der Waals surface area (Å²) >= 11 is 0. The van der Waals surface area contributed by atoms with Gasteiger partial charge in [0.1, 0.15) is 0 Å². The lowest BCUT2D eigenvalue weighted by molar-refractivity contribution is -0.124. The van der Waals surface area contributed by atoms with Crippen molar-refractivity contribution in [2.45, 2.75) is 51.7 Å². The Morgan fingerprint density at radius 3 is 2.53 bits per heavy atom. The van der Waals surface area contributed by atoms with Gasteiger partial charge in [0.15, 0.2) is 0 Å². The van der Waals surface area contributed by atoms with Crippen LogP contribution in [0, 0.1) is 0 Å². The number of rotatable bonds is 8. The summed E-state index contributed by atoms with van der Waals surface area (Å²) in [5.41, 5.74) is 5.45. The van der Waals surface area contributed by atoms with Crippen LogP contribution < -0.4 is 11.1 Å². The molecular weight excluding hydrogens is 192 g/mol. The molecule has 0 aliphatic rings. The van der Waals surface area contributed by atoms with Crippen LogP contribution in [0.4, 0.5) is 0 Å². The van der Waals surface area contributed by atoms with Gasteiger partial charge in [0.25, 0.3) is 0 Å². The van der Waals surface area contributed by atoms with Crippen molar-refractivity contribution < 1.29 is 9.53 Å². The molecule has 0 spiro atoms. The van der Waals surface area contributed by atoms with Crippen molar-refractivity contribution in [3.63, 3.8) is 0 Å². The SMILES string of the molecule is CCCC(CC)NC(=O)CC(CN)OC. The maximum Gasteiger partial charge on any atom is 0.222 e. The van der Waals surface area contributed by atoms with Crippen molar-refractivity contribution >= 4 is 5.91 Å². The van der Waals surface area contributed by atoms with Gasteiger partial charge in [-0.3, -0.25) is 4.79 Å². The van der Waals surface area contributed by atoms with E-state index in [4.69, 9.17) is 10.5 Å². The molecule has 0 fully saturated rings. The predicted octanol–water partition coefficient (Wildman–Crippen LogP) is 1.05. The molecule has 0 saturated carbocycles. The van der Waals surface area contributed by atoms with Gasteiger partial charge in [-0.1, -0.05) is 20.3 Å². The number of carbonyl (C=O) groups excluding carboxylic acids is 1. The molecule has 0 radical (unpaired) electrons. The van der Waals surface area contributed by atoms with Gasteiger partial charge < -0.3 is 15.8 Å². The van der Waals surface area contributed by atoms with Gasteiger partial charge in [-0.2, -0.15) is 0 Å². The quantitative estimate of drug-likeness (QED) is 0.637. The predicted molar refractivity (Wildman–Crippen MR) is 61.6 cm³/mol. The Kier molecular flexibility index (Phi) is 8.33. The number of amides is 1. The first-order valence-electron chi connectivity index (χ1n) is 5.70. The fraction of sp³-hybridized carbons (Fsp3) is 0.909. The molecule has 0 saturated heterocycles.